The molecule has 116 valence electrons. The Morgan fingerprint density at radius 1 is 1.14 bits per heavy atom. The molecule has 1 unspecified atom stereocenters. The van der Waals surface area contributed by atoms with E-state index in [1.165, 1.54) is 0 Å². The summed E-state index contributed by atoms with van der Waals surface area (Å²) in [6.45, 7) is 8.30. The normalized spacial score (nSPS) is 11.9. The van der Waals surface area contributed by atoms with Gasteiger partial charge in [0, 0.05) is 18.3 Å². The van der Waals surface area contributed by atoms with E-state index in [1.54, 1.807) is 13.0 Å². The number of carbonyl (C=O) groups is 2. The lowest BCUT2D eigenvalue weighted by Crippen LogP contribution is -2.45. The van der Waals surface area contributed by atoms with Crippen LogP contribution in [0.2, 0.25) is 0 Å². The highest BCUT2D eigenvalue weighted by atomic mass is 16.2. The molecule has 21 heavy (non-hydrogen) atoms. The summed E-state index contributed by atoms with van der Waals surface area (Å²) in [5, 5.41) is 8.72. The van der Waals surface area contributed by atoms with E-state index in [-0.39, 0.29) is 17.9 Å². The summed E-state index contributed by atoms with van der Waals surface area (Å²) in [5.74, 6) is -0.419. The highest BCUT2D eigenvalue weighted by molar-refractivity contribution is 6.01. The SMILES string of the molecule is CCCNC(=O)C(C)NC(=O)c1ccccc1NC(C)C. The van der Waals surface area contributed by atoms with E-state index in [0.717, 1.165) is 12.1 Å². The Balaban J connectivity index is 2.73. The van der Waals surface area contributed by atoms with Gasteiger partial charge in [-0.2, -0.15) is 0 Å². The first-order chi connectivity index (χ1) is 9.95. The summed E-state index contributed by atoms with van der Waals surface area (Å²) >= 11 is 0. The molecule has 0 aliphatic carbocycles. The molecular formula is C16H25N3O2. The Hall–Kier alpha value is -2.04. The Morgan fingerprint density at radius 3 is 2.43 bits per heavy atom. The fourth-order valence-electron chi connectivity index (χ4n) is 1.86. The number of benzene rings is 1. The van der Waals surface area contributed by atoms with Gasteiger partial charge in [0.15, 0.2) is 0 Å². The summed E-state index contributed by atoms with van der Waals surface area (Å²) in [5.41, 5.74) is 1.31. The highest BCUT2D eigenvalue weighted by Gasteiger charge is 2.18. The maximum absolute atomic E-state index is 12.3. The minimum absolute atomic E-state index is 0.167. The van der Waals surface area contributed by atoms with Gasteiger partial charge in [-0.3, -0.25) is 9.59 Å². The van der Waals surface area contributed by atoms with E-state index in [2.05, 4.69) is 16.0 Å². The highest BCUT2D eigenvalue weighted by Crippen LogP contribution is 2.16. The van der Waals surface area contributed by atoms with Gasteiger partial charge in [-0.1, -0.05) is 19.1 Å². The van der Waals surface area contributed by atoms with Gasteiger partial charge in [0.05, 0.1) is 5.56 Å². The number of hydrogen-bond donors (Lipinski definition) is 3. The van der Waals surface area contributed by atoms with Crippen LogP contribution >= 0.6 is 0 Å². The molecular weight excluding hydrogens is 266 g/mol. The maximum atomic E-state index is 12.3. The summed E-state index contributed by atoms with van der Waals surface area (Å²) in [6, 6.07) is 6.95. The molecule has 0 aliphatic heterocycles. The van der Waals surface area contributed by atoms with Gasteiger partial charge in [0.1, 0.15) is 6.04 Å². The predicted octanol–water partition coefficient (Wildman–Crippen LogP) is 2.15. The van der Waals surface area contributed by atoms with Crippen molar-refractivity contribution in [3.8, 4) is 0 Å². The van der Waals surface area contributed by atoms with Crippen LogP contribution in [0.3, 0.4) is 0 Å². The van der Waals surface area contributed by atoms with E-state index < -0.39 is 6.04 Å². The lowest BCUT2D eigenvalue weighted by Gasteiger charge is -2.17. The van der Waals surface area contributed by atoms with Crippen molar-refractivity contribution in [3.05, 3.63) is 29.8 Å². The van der Waals surface area contributed by atoms with Crippen LogP contribution in [0.15, 0.2) is 24.3 Å². The second kappa shape index (κ2) is 8.29. The van der Waals surface area contributed by atoms with Crippen LogP contribution < -0.4 is 16.0 Å². The molecule has 5 heteroatoms. The largest absolute Gasteiger partial charge is 0.382 e. The molecule has 0 saturated heterocycles. The zero-order valence-corrected chi connectivity index (χ0v) is 13.2. The smallest absolute Gasteiger partial charge is 0.254 e. The van der Waals surface area contributed by atoms with Gasteiger partial charge in [-0.15, -0.1) is 0 Å². The number of para-hydroxylation sites is 1. The van der Waals surface area contributed by atoms with Crippen LogP contribution in [0.5, 0.6) is 0 Å². The van der Waals surface area contributed by atoms with Crippen LogP contribution in [0.1, 0.15) is 44.5 Å². The number of anilines is 1. The van der Waals surface area contributed by atoms with Crippen molar-refractivity contribution in [1.29, 1.82) is 0 Å². The molecule has 1 atom stereocenters. The van der Waals surface area contributed by atoms with Crippen LogP contribution in [0.25, 0.3) is 0 Å². The first-order valence-corrected chi connectivity index (χ1v) is 7.39. The van der Waals surface area contributed by atoms with E-state index in [9.17, 15) is 9.59 Å². The summed E-state index contributed by atoms with van der Waals surface area (Å²) in [6.07, 6.45) is 0.869. The topological polar surface area (TPSA) is 70.2 Å². The van der Waals surface area contributed by atoms with Crippen molar-refractivity contribution in [2.75, 3.05) is 11.9 Å². The molecule has 0 saturated carbocycles. The molecule has 1 aromatic carbocycles. The fourth-order valence-corrected chi connectivity index (χ4v) is 1.86. The number of hydrogen-bond acceptors (Lipinski definition) is 3. The molecule has 2 amide bonds. The monoisotopic (exact) mass is 291 g/mol. The van der Waals surface area contributed by atoms with Crippen molar-refractivity contribution in [3.63, 3.8) is 0 Å². The van der Waals surface area contributed by atoms with Gasteiger partial charge in [-0.05, 0) is 39.3 Å². The molecule has 0 fully saturated rings. The van der Waals surface area contributed by atoms with Crippen molar-refractivity contribution in [2.45, 2.75) is 46.2 Å². The zero-order chi connectivity index (χ0) is 15.8. The molecule has 0 bridgehead atoms. The van der Waals surface area contributed by atoms with Gasteiger partial charge >= 0.3 is 0 Å². The molecule has 1 aromatic rings. The Morgan fingerprint density at radius 2 is 1.81 bits per heavy atom. The lowest BCUT2D eigenvalue weighted by atomic mass is 10.1. The number of nitrogens with one attached hydrogen (secondary N) is 3. The summed E-state index contributed by atoms with van der Waals surface area (Å²) in [7, 11) is 0. The third kappa shape index (κ3) is 5.45. The van der Waals surface area contributed by atoms with Gasteiger partial charge in [0.25, 0.3) is 5.91 Å². The Bertz CT molecular complexity index is 486. The minimum atomic E-state index is -0.559. The van der Waals surface area contributed by atoms with Crippen molar-refractivity contribution in [1.82, 2.24) is 10.6 Å². The molecule has 0 aromatic heterocycles. The van der Waals surface area contributed by atoms with E-state index in [0.29, 0.717) is 12.1 Å². The summed E-state index contributed by atoms with van der Waals surface area (Å²) < 4.78 is 0. The third-order valence-electron chi connectivity index (χ3n) is 2.91. The van der Waals surface area contributed by atoms with Crippen molar-refractivity contribution in [2.24, 2.45) is 0 Å². The quantitative estimate of drug-likeness (QED) is 0.721. The number of carbonyl (C=O) groups excluding carboxylic acids is 2. The van der Waals surface area contributed by atoms with Crippen molar-refractivity contribution < 1.29 is 9.59 Å². The van der Waals surface area contributed by atoms with Gasteiger partial charge in [0.2, 0.25) is 5.91 Å². The van der Waals surface area contributed by atoms with Crippen LogP contribution in [-0.4, -0.2) is 30.4 Å². The van der Waals surface area contributed by atoms with Gasteiger partial charge in [-0.25, -0.2) is 0 Å². The average molecular weight is 291 g/mol. The molecule has 1 rings (SSSR count). The maximum Gasteiger partial charge on any atom is 0.254 e. The predicted molar refractivity (Wildman–Crippen MR) is 85.4 cm³/mol. The van der Waals surface area contributed by atoms with Crippen LogP contribution in [0, 0.1) is 0 Å². The van der Waals surface area contributed by atoms with E-state index in [4.69, 9.17) is 0 Å². The van der Waals surface area contributed by atoms with Crippen LogP contribution in [-0.2, 0) is 4.79 Å². The molecule has 0 radical (unpaired) electrons. The first kappa shape index (κ1) is 17.0. The van der Waals surface area contributed by atoms with E-state index in [1.807, 2.05) is 39.0 Å². The minimum Gasteiger partial charge on any atom is -0.382 e. The number of rotatable bonds is 7. The zero-order valence-electron chi connectivity index (χ0n) is 13.2. The molecule has 0 spiro atoms. The first-order valence-electron chi connectivity index (χ1n) is 7.39. The second-order valence-corrected chi connectivity index (χ2v) is 5.33. The molecule has 5 nitrogen and oxygen atoms in total. The van der Waals surface area contributed by atoms with Crippen LogP contribution in [0.4, 0.5) is 5.69 Å². The molecule has 0 heterocycles. The summed E-state index contributed by atoms with van der Waals surface area (Å²) in [4.78, 5) is 24.1. The van der Waals surface area contributed by atoms with Gasteiger partial charge < -0.3 is 16.0 Å². The van der Waals surface area contributed by atoms with E-state index >= 15 is 0 Å². The average Bonchev–Trinajstić information content (AvgIpc) is 2.44. The number of amides is 2. The lowest BCUT2D eigenvalue weighted by molar-refractivity contribution is -0.122. The Kier molecular flexibility index (Phi) is 6.72. The third-order valence-corrected chi connectivity index (χ3v) is 2.91. The molecule has 0 aliphatic rings. The fraction of sp³-hybridized carbons (Fsp3) is 0.500. The molecule has 3 N–H and O–H groups in total. The Labute approximate surface area is 126 Å². The standard InChI is InChI=1S/C16H25N3O2/c1-5-10-17-15(20)12(4)19-16(21)13-8-6-7-9-14(13)18-11(2)3/h6-9,11-12,18H,5,10H2,1-4H3,(H,17,20)(H,19,21). The second-order valence-electron chi connectivity index (χ2n) is 5.33. The van der Waals surface area contributed by atoms with Crippen molar-refractivity contribution >= 4 is 17.5 Å².